The lowest BCUT2D eigenvalue weighted by Gasteiger charge is -2.31. The molecule has 0 unspecified atom stereocenters. The molecule has 3 heteroatoms. The van der Waals surface area contributed by atoms with Crippen molar-refractivity contribution in [2.24, 2.45) is 5.92 Å². The van der Waals surface area contributed by atoms with E-state index in [2.05, 4.69) is 5.32 Å². The number of halogens is 1. The number of nitrogens with one attached hydrogen (secondary N) is 1. The first-order valence-corrected chi connectivity index (χ1v) is 7.84. The van der Waals surface area contributed by atoms with Gasteiger partial charge in [-0.25, -0.2) is 4.39 Å². The van der Waals surface area contributed by atoms with Crippen LogP contribution in [0.25, 0.3) is 0 Å². The molecule has 0 bridgehead atoms. The molecule has 1 aliphatic carbocycles. The van der Waals surface area contributed by atoms with Crippen molar-refractivity contribution in [3.05, 3.63) is 66.0 Å². The molecule has 2 aromatic rings. The number of para-hydroxylation sites is 1. The van der Waals surface area contributed by atoms with Gasteiger partial charge < -0.3 is 5.32 Å². The number of carbonyl (C=O) groups is 1. The molecule has 114 valence electrons. The van der Waals surface area contributed by atoms with E-state index in [1.54, 1.807) is 6.07 Å². The summed E-state index contributed by atoms with van der Waals surface area (Å²) in [6, 6.07) is 16.2. The maximum Gasteiger partial charge on any atom is 0.138 e. The zero-order chi connectivity index (χ0) is 15.4. The highest BCUT2D eigenvalue weighted by atomic mass is 19.1. The van der Waals surface area contributed by atoms with Gasteiger partial charge in [-0.05, 0) is 42.7 Å². The minimum absolute atomic E-state index is 0.0873. The van der Waals surface area contributed by atoms with Crippen molar-refractivity contribution >= 4 is 11.5 Å². The van der Waals surface area contributed by atoms with Crippen LogP contribution in [0.4, 0.5) is 10.1 Å². The Kier molecular flexibility index (Phi) is 4.52. The van der Waals surface area contributed by atoms with Crippen LogP contribution in [0, 0.1) is 11.7 Å². The minimum Gasteiger partial charge on any atom is -0.378 e. The summed E-state index contributed by atoms with van der Waals surface area (Å²) in [6.45, 7) is 0. The zero-order valence-corrected chi connectivity index (χ0v) is 12.5. The molecule has 2 aromatic carbocycles. The first-order valence-electron chi connectivity index (χ1n) is 7.84. The Labute approximate surface area is 130 Å². The Balaban J connectivity index is 1.92. The topological polar surface area (TPSA) is 29.1 Å². The van der Waals surface area contributed by atoms with Crippen molar-refractivity contribution in [2.75, 3.05) is 5.32 Å². The molecular weight excluding hydrogens is 277 g/mol. The van der Waals surface area contributed by atoms with E-state index in [0.717, 1.165) is 30.5 Å². The summed E-state index contributed by atoms with van der Waals surface area (Å²) in [4.78, 5) is 12.4. The molecule has 0 spiro atoms. The van der Waals surface area contributed by atoms with Crippen molar-refractivity contribution in [1.82, 2.24) is 0 Å². The number of hydrogen-bond acceptors (Lipinski definition) is 2. The van der Waals surface area contributed by atoms with Gasteiger partial charge in [0, 0.05) is 18.0 Å². The molecule has 2 atom stereocenters. The molecule has 0 amide bonds. The van der Waals surface area contributed by atoms with Gasteiger partial charge in [0.2, 0.25) is 0 Å². The second kappa shape index (κ2) is 6.73. The fraction of sp³-hybridized carbons (Fsp3) is 0.316. The number of anilines is 1. The Hall–Kier alpha value is -2.16. The largest absolute Gasteiger partial charge is 0.378 e. The van der Waals surface area contributed by atoms with Gasteiger partial charge in [0.25, 0.3) is 0 Å². The predicted molar refractivity (Wildman–Crippen MR) is 86.2 cm³/mol. The molecule has 22 heavy (non-hydrogen) atoms. The van der Waals surface area contributed by atoms with Gasteiger partial charge in [-0.2, -0.15) is 0 Å². The molecule has 1 aliphatic rings. The van der Waals surface area contributed by atoms with Crippen LogP contribution in [0.2, 0.25) is 0 Å². The van der Waals surface area contributed by atoms with E-state index in [9.17, 15) is 9.18 Å². The number of benzene rings is 2. The summed E-state index contributed by atoms with van der Waals surface area (Å²) >= 11 is 0. The lowest BCUT2D eigenvalue weighted by atomic mass is 9.80. The van der Waals surface area contributed by atoms with Gasteiger partial charge in [0.05, 0.1) is 6.04 Å². The van der Waals surface area contributed by atoms with Crippen molar-refractivity contribution in [1.29, 1.82) is 0 Å². The molecule has 0 saturated heterocycles. The second-order valence-electron chi connectivity index (χ2n) is 5.86. The molecule has 2 nitrogen and oxygen atoms in total. The average Bonchev–Trinajstić information content (AvgIpc) is 2.54. The highest BCUT2D eigenvalue weighted by Gasteiger charge is 2.31. The smallest absolute Gasteiger partial charge is 0.138 e. The van der Waals surface area contributed by atoms with Gasteiger partial charge in [-0.3, -0.25) is 4.79 Å². The number of ketones is 1. The van der Waals surface area contributed by atoms with Crippen molar-refractivity contribution in [3.63, 3.8) is 0 Å². The van der Waals surface area contributed by atoms with Crippen LogP contribution in [0.3, 0.4) is 0 Å². The number of Topliss-reactive ketones (excluding diaryl/α,β-unsaturated/α-hetero) is 1. The van der Waals surface area contributed by atoms with Crippen molar-refractivity contribution in [3.8, 4) is 0 Å². The zero-order valence-electron chi connectivity index (χ0n) is 12.5. The van der Waals surface area contributed by atoms with Crippen LogP contribution in [-0.4, -0.2) is 5.78 Å². The number of hydrogen-bond donors (Lipinski definition) is 1. The van der Waals surface area contributed by atoms with E-state index in [0.29, 0.717) is 6.42 Å². The fourth-order valence-corrected chi connectivity index (χ4v) is 3.19. The van der Waals surface area contributed by atoms with E-state index < -0.39 is 0 Å². The molecule has 1 saturated carbocycles. The van der Waals surface area contributed by atoms with E-state index in [1.807, 2.05) is 36.4 Å². The van der Waals surface area contributed by atoms with Crippen LogP contribution in [0.15, 0.2) is 54.6 Å². The normalized spacial score (nSPS) is 19.7. The summed E-state index contributed by atoms with van der Waals surface area (Å²) in [6.07, 6.45) is 3.52. The van der Waals surface area contributed by atoms with E-state index in [1.165, 1.54) is 12.1 Å². The SMILES string of the molecule is O=C1CCCC[C@@H]1[C@H](Nc1ccccc1)c1cccc(F)c1. The molecule has 0 aliphatic heterocycles. The summed E-state index contributed by atoms with van der Waals surface area (Å²) in [5.74, 6) is -0.0691. The first-order chi connectivity index (χ1) is 10.7. The summed E-state index contributed by atoms with van der Waals surface area (Å²) in [7, 11) is 0. The summed E-state index contributed by atoms with van der Waals surface area (Å²) < 4.78 is 13.6. The lowest BCUT2D eigenvalue weighted by molar-refractivity contribution is -0.125. The molecule has 0 heterocycles. The van der Waals surface area contributed by atoms with Crippen LogP contribution in [0.5, 0.6) is 0 Å². The highest BCUT2D eigenvalue weighted by molar-refractivity contribution is 5.83. The van der Waals surface area contributed by atoms with Crippen LogP contribution in [-0.2, 0) is 4.79 Å². The summed E-state index contributed by atoms with van der Waals surface area (Å²) in [5, 5.41) is 3.44. The van der Waals surface area contributed by atoms with Crippen molar-refractivity contribution in [2.45, 2.75) is 31.7 Å². The van der Waals surface area contributed by atoms with Gasteiger partial charge in [-0.15, -0.1) is 0 Å². The van der Waals surface area contributed by atoms with Gasteiger partial charge in [0.1, 0.15) is 11.6 Å². The predicted octanol–water partition coefficient (Wildman–Crippen LogP) is 4.74. The van der Waals surface area contributed by atoms with Crippen molar-refractivity contribution < 1.29 is 9.18 Å². The Morgan fingerprint density at radius 1 is 1.05 bits per heavy atom. The molecule has 1 fully saturated rings. The Bertz CT molecular complexity index is 641. The standard InChI is InChI=1S/C19H20FNO/c20-15-8-6-7-14(13-15)19(17-11-4-5-12-18(17)22)21-16-9-2-1-3-10-16/h1-3,6-10,13,17,19,21H,4-5,11-12H2/t17-,19+/m0/s1. The number of carbonyl (C=O) groups excluding carboxylic acids is 1. The van der Waals surface area contributed by atoms with Gasteiger partial charge in [-0.1, -0.05) is 36.8 Å². The molecule has 0 aromatic heterocycles. The molecule has 0 radical (unpaired) electrons. The Morgan fingerprint density at radius 2 is 1.86 bits per heavy atom. The Morgan fingerprint density at radius 3 is 2.59 bits per heavy atom. The van der Waals surface area contributed by atoms with Gasteiger partial charge >= 0.3 is 0 Å². The monoisotopic (exact) mass is 297 g/mol. The minimum atomic E-state index is -0.263. The van der Waals surface area contributed by atoms with Crippen LogP contribution in [0.1, 0.15) is 37.3 Å². The molecule has 3 rings (SSSR count). The third-order valence-electron chi connectivity index (χ3n) is 4.31. The third-order valence-corrected chi connectivity index (χ3v) is 4.31. The maximum atomic E-state index is 13.6. The molecular formula is C19H20FNO. The average molecular weight is 297 g/mol. The number of rotatable bonds is 4. The quantitative estimate of drug-likeness (QED) is 0.883. The third kappa shape index (κ3) is 3.35. The summed E-state index contributed by atoms with van der Waals surface area (Å²) in [5.41, 5.74) is 1.79. The maximum absolute atomic E-state index is 13.6. The molecule has 1 N–H and O–H groups in total. The highest BCUT2D eigenvalue weighted by Crippen LogP contribution is 2.35. The van der Waals surface area contributed by atoms with E-state index in [4.69, 9.17) is 0 Å². The lowest BCUT2D eigenvalue weighted by Crippen LogP contribution is -2.30. The fourth-order valence-electron chi connectivity index (χ4n) is 3.19. The van der Waals surface area contributed by atoms with Gasteiger partial charge in [0.15, 0.2) is 0 Å². The first kappa shape index (κ1) is 14.8. The van der Waals surface area contributed by atoms with Crippen LogP contribution < -0.4 is 5.32 Å². The van der Waals surface area contributed by atoms with E-state index >= 15 is 0 Å². The van der Waals surface area contributed by atoms with Crippen LogP contribution >= 0.6 is 0 Å². The second-order valence-corrected chi connectivity index (χ2v) is 5.86. The van der Waals surface area contributed by atoms with E-state index in [-0.39, 0.29) is 23.6 Å².